The van der Waals surface area contributed by atoms with Crippen LogP contribution in [0.1, 0.15) is 71.3 Å². The fourth-order valence-electron chi connectivity index (χ4n) is 4.35. The number of tetrazole rings is 1. The Balaban J connectivity index is 1.69. The Morgan fingerprint density at radius 3 is 2.62 bits per heavy atom. The zero-order valence-electron chi connectivity index (χ0n) is 13.8. The van der Waals surface area contributed by atoms with Crippen LogP contribution in [-0.2, 0) is 0 Å². The number of nitrogens with zero attached hydrogens (tertiary/aromatic N) is 4. The van der Waals surface area contributed by atoms with Crippen molar-refractivity contribution >= 4 is 0 Å². The van der Waals surface area contributed by atoms with E-state index < -0.39 is 0 Å². The third-order valence-corrected chi connectivity index (χ3v) is 5.54. The minimum atomic E-state index is 0.212. The number of hydrogen-bond acceptors (Lipinski definition) is 4. The van der Waals surface area contributed by atoms with E-state index in [0.29, 0.717) is 12.0 Å². The smallest absolute Gasteiger partial charge is 0.168 e. The van der Waals surface area contributed by atoms with Crippen molar-refractivity contribution in [1.82, 2.24) is 25.5 Å². The van der Waals surface area contributed by atoms with Crippen LogP contribution in [0.25, 0.3) is 0 Å². The minimum Gasteiger partial charge on any atom is -0.307 e. The lowest BCUT2D eigenvalue weighted by atomic mass is 9.84. The molecular weight excluding hydrogens is 262 g/mol. The zero-order valence-corrected chi connectivity index (χ0v) is 13.8. The predicted molar refractivity (Wildman–Crippen MR) is 82.7 cm³/mol. The fraction of sp³-hybridized carbons (Fsp3) is 0.938. The van der Waals surface area contributed by atoms with Crippen LogP contribution < -0.4 is 5.32 Å². The lowest BCUT2D eigenvalue weighted by Gasteiger charge is -2.29. The van der Waals surface area contributed by atoms with E-state index in [4.69, 9.17) is 0 Å². The molecule has 0 radical (unpaired) electrons. The van der Waals surface area contributed by atoms with E-state index in [9.17, 15) is 0 Å². The molecule has 21 heavy (non-hydrogen) atoms. The van der Waals surface area contributed by atoms with Gasteiger partial charge in [-0.05, 0) is 73.8 Å². The van der Waals surface area contributed by atoms with E-state index >= 15 is 0 Å². The number of nitrogens with one attached hydrogen (secondary N) is 1. The zero-order chi connectivity index (χ0) is 15.0. The molecule has 2 aliphatic carbocycles. The normalized spacial score (nSPS) is 31.0. The average Bonchev–Trinajstić information content (AvgIpc) is 3.18. The Bertz CT molecular complexity index is 469. The Morgan fingerprint density at radius 2 is 2.00 bits per heavy atom. The summed E-state index contributed by atoms with van der Waals surface area (Å²) in [7, 11) is 0. The summed E-state index contributed by atoms with van der Waals surface area (Å²) >= 11 is 0. The van der Waals surface area contributed by atoms with Crippen LogP contribution in [0.5, 0.6) is 0 Å². The molecule has 2 fully saturated rings. The molecule has 5 heteroatoms. The molecule has 0 aromatic carbocycles. The van der Waals surface area contributed by atoms with Crippen molar-refractivity contribution in [3.63, 3.8) is 0 Å². The Hall–Kier alpha value is -0.970. The minimum absolute atomic E-state index is 0.212. The second-order valence-corrected chi connectivity index (χ2v) is 7.58. The molecule has 0 saturated heterocycles. The first-order valence-electron chi connectivity index (χ1n) is 8.57. The first-order chi connectivity index (χ1) is 10.1. The summed E-state index contributed by atoms with van der Waals surface area (Å²) in [5, 5.41) is 16.1. The molecule has 2 bridgehead atoms. The van der Waals surface area contributed by atoms with Crippen molar-refractivity contribution in [3.05, 3.63) is 5.82 Å². The lowest BCUT2D eigenvalue weighted by molar-refractivity contribution is 0.221. The van der Waals surface area contributed by atoms with Crippen LogP contribution in [0.3, 0.4) is 0 Å². The highest BCUT2D eigenvalue weighted by Gasteiger charge is 2.43. The molecule has 5 atom stereocenters. The van der Waals surface area contributed by atoms with Gasteiger partial charge in [0.05, 0.1) is 12.1 Å². The molecule has 0 aliphatic heterocycles. The predicted octanol–water partition coefficient (Wildman–Crippen LogP) is 2.98. The Kier molecular flexibility index (Phi) is 4.29. The highest BCUT2D eigenvalue weighted by atomic mass is 15.6. The van der Waals surface area contributed by atoms with Crippen molar-refractivity contribution in [2.24, 2.45) is 23.7 Å². The SMILES string of the molecule is CC(C)CNC(C)c1nnnn1C(C)C1CC2CCC1C2. The van der Waals surface area contributed by atoms with E-state index in [2.05, 4.69) is 53.2 Å². The molecule has 2 aliphatic rings. The molecule has 1 heterocycles. The molecule has 3 rings (SSSR count). The highest BCUT2D eigenvalue weighted by Crippen LogP contribution is 2.52. The van der Waals surface area contributed by atoms with Gasteiger partial charge < -0.3 is 5.32 Å². The summed E-state index contributed by atoms with van der Waals surface area (Å²) in [4.78, 5) is 0. The summed E-state index contributed by atoms with van der Waals surface area (Å²) in [6, 6.07) is 0.636. The van der Waals surface area contributed by atoms with Crippen LogP contribution in [0.15, 0.2) is 0 Å². The number of fused-ring (bicyclic) bond motifs is 2. The Morgan fingerprint density at radius 1 is 1.19 bits per heavy atom. The van der Waals surface area contributed by atoms with Gasteiger partial charge in [-0.3, -0.25) is 0 Å². The van der Waals surface area contributed by atoms with Gasteiger partial charge in [0.1, 0.15) is 0 Å². The number of aromatic nitrogens is 4. The van der Waals surface area contributed by atoms with Gasteiger partial charge in [0.2, 0.25) is 0 Å². The maximum absolute atomic E-state index is 4.31. The van der Waals surface area contributed by atoms with E-state index in [-0.39, 0.29) is 6.04 Å². The largest absolute Gasteiger partial charge is 0.307 e. The van der Waals surface area contributed by atoms with Crippen LogP contribution in [0.2, 0.25) is 0 Å². The van der Waals surface area contributed by atoms with Crippen molar-refractivity contribution in [2.45, 2.75) is 65.5 Å². The standard InChI is InChI=1S/C16H29N5/c1-10(2)9-17-11(3)16-18-19-20-21(16)12(4)15-8-13-5-6-14(15)7-13/h10-15,17H,5-9H2,1-4H3. The van der Waals surface area contributed by atoms with E-state index in [1.54, 1.807) is 0 Å². The van der Waals surface area contributed by atoms with Crippen molar-refractivity contribution in [1.29, 1.82) is 0 Å². The van der Waals surface area contributed by atoms with Gasteiger partial charge in [-0.2, -0.15) is 0 Å². The molecule has 0 amide bonds. The van der Waals surface area contributed by atoms with Crippen molar-refractivity contribution < 1.29 is 0 Å². The van der Waals surface area contributed by atoms with Crippen LogP contribution >= 0.6 is 0 Å². The van der Waals surface area contributed by atoms with Crippen LogP contribution in [-0.4, -0.2) is 26.8 Å². The molecule has 5 unspecified atom stereocenters. The molecule has 1 aromatic heterocycles. The maximum atomic E-state index is 4.31. The first kappa shape index (κ1) is 14.9. The Labute approximate surface area is 127 Å². The third-order valence-electron chi connectivity index (χ3n) is 5.54. The topological polar surface area (TPSA) is 55.6 Å². The molecule has 5 nitrogen and oxygen atoms in total. The van der Waals surface area contributed by atoms with Crippen LogP contribution in [0.4, 0.5) is 0 Å². The third kappa shape index (κ3) is 2.98. The van der Waals surface area contributed by atoms with Gasteiger partial charge in [-0.15, -0.1) is 5.10 Å². The van der Waals surface area contributed by atoms with Gasteiger partial charge in [0, 0.05) is 0 Å². The van der Waals surface area contributed by atoms with Gasteiger partial charge in [0.25, 0.3) is 0 Å². The fourth-order valence-corrected chi connectivity index (χ4v) is 4.35. The van der Waals surface area contributed by atoms with E-state index in [0.717, 1.165) is 30.1 Å². The summed E-state index contributed by atoms with van der Waals surface area (Å²) in [6.07, 6.45) is 5.67. The van der Waals surface area contributed by atoms with Crippen LogP contribution in [0, 0.1) is 23.7 Å². The summed E-state index contributed by atoms with van der Waals surface area (Å²) in [5.41, 5.74) is 0. The molecule has 0 spiro atoms. The van der Waals surface area contributed by atoms with Crippen molar-refractivity contribution in [2.75, 3.05) is 6.54 Å². The monoisotopic (exact) mass is 291 g/mol. The van der Waals surface area contributed by atoms with E-state index in [1.165, 1.54) is 25.7 Å². The van der Waals surface area contributed by atoms with E-state index in [1.807, 2.05) is 0 Å². The van der Waals surface area contributed by atoms with Gasteiger partial charge in [-0.1, -0.05) is 20.3 Å². The molecule has 118 valence electrons. The molecular formula is C16H29N5. The highest BCUT2D eigenvalue weighted by molar-refractivity contribution is 4.97. The summed E-state index contributed by atoms with van der Waals surface area (Å²) in [5.74, 6) is 4.27. The number of rotatable bonds is 6. The average molecular weight is 291 g/mol. The second kappa shape index (κ2) is 6.03. The lowest BCUT2D eigenvalue weighted by Crippen LogP contribution is -2.29. The maximum Gasteiger partial charge on any atom is 0.168 e. The van der Waals surface area contributed by atoms with Gasteiger partial charge >= 0.3 is 0 Å². The summed E-state index contributed by atoms with van der Waals surface area (Å²) in [6.45, 7) is 9.91. The van der Waals surface area contributed by atoms with Gasteiger partial charge in [-0.25, -0.2) is 4.68 Å². The molecule has 2 saturated carbocycles. The first-order valence-corrected chi connectivity index (χ1v) is 8.57. The number of hydrogen-bond donors (Lipinski definition) is 1. The molecule has 1 N–H and O–H groups in total. The quantitative estimate of drug-likeness (QED) is 0.875. The van der Waals surface area contributed by atoms with Crippen molar-refractivity contribution in [3.8, 4) is 0 Å². The van der Waals surface area contributed by atoms with Gasteiger partial charge in [0.15, 0.2) is 5.82 Å². The second-order valence-electron chi connectivity index (χ2n) is 7.58. The molecule has 1 aromatic rings. The summed E-state index contributed by atoms with van der Waals surface area (Å²) < 4.78 is 2.09.